The number of hydrogen-bond donors (Lipinski definition) is 1. The largest absolute Gasteiger partial charge is 0.491 e. The zero-order valence-corrected chi connectivity index (χ0v) is 12.8. The Balaban J connectivity index is 1.40. The number of fused-ring (bicyclic) bond motifs is 2. The predicted octanol–water partition coefficient (Wildman–Crippen LogP) is 2.34. The van der Waals surface area contributed by atoms with Crippen LogP contribution < -0.4 is 10.1 Å². The highest BCUT2D eigenvalue weighted by molar-refractivity contribution is 5.76. The van der Waals surface area contributed by atoms with E-state index in [2.05, 4.69) is 5.32 Å². The average molecular weight is 306 g/mol. The van der Waals surface area contributed by atoms with Crippen LogP contribution in [-0.4, -0.2) is 42.6 Å². The number of para-hydroxylation sites is 1. The topological polar surface area (TPSA) is 41.6 Å². The highest BCUT2D eigenvalue weighted by atomic mass is 19.1. The van der Waals surface area contributed by atoms with Gasteiger partial charge in [-0.25, -0.2) is 4.39 Å². The number of ether oxygens (including phenoxy) is 1. The van der Waals surface area contributed by atoms with Crippen molar-refractivity contribution in [2.24, 2.45) is 0 Å². The van der Waals surface area contributed by atoms with Crippen LogP contribution in [0.5, 0.6) is 5.75 Å². The van der Waals surface area contributed by atoms with E-state index in [0.717, 1.165) is 19.5 Å². The quantitative estimate of drug-likeness (QED) is 0.849. The average Bonchev–Trinajstić information content (AvgIpc) is 2.84. The molecule has 2 bridgehead atoms. The molecule has 2 unspecified atom stereocenters. The molecule has 0 spiro atoms. The second-order valence-corrected chi connectivity index (χ2v) is 6.15. The van der Waals surface area contributed by atoms with E-state index in [1.54, 1.807) is 18.2 Å². The normalized spacial score (nSPS) is 24.1. The zero-order chi connectivity index (χ0) is 15.4. The van der Waals surface area contributed by atoms with E-state index >= 15 is 0 Å². The van der Waals surface area contributed by atoms with Crippen molar-refractivity contribution in [3.8, 4) is 5.75 Å². The van der Waals surface area contributed by atoms with Gasteiger partial charge in [0.15, 0.2) is 11.6 Å². The molecule has 0 saturated carbocycles. The molecule has 0 radical (unpaired) electrons. The van der Waals surface area contributed by atoms with Crippen LogP contribution in [0.15, 0.2) is 24.3 Å². The van der Waals surface area contributed by atoms with E-state index in [1.807, 2.05) is 4.90 Å². The number of amides is 1. The molecule has 2 aliphatic heterocycles. The van der Waals surface area contributed by atoms with Crippen molar-refractivity contribution < 1.29 is 13.9 Å². The van der Waals surface area contributed by atoms with Gasteiger partial charge in [0.1, 0.15) is 0 Å². The summed E-state index contributed by atoms with van der Waals surface area (Å²) in [6.07, 6.45) is 4.54. The highest BCUT2D eigenvalue weighted by Crippen LogP contribution is 2.21. The Kier molecular flexibility index (Phi) is 4.93. The molecule has 120 valence electrons. The maximum absolute atomic E-state index is 13.4. The molecule has 3 rings (SSSR count). The van der Waals surface area contributed by atoms with Crippen molar-refractivity contribution in [3.05, 3.63) is 30.1 Å². The smallest absolute Gasteiger partial charge is 0.222 e. The maximum Gasteiger partial charge on any atom is 0.222 e. The van der Waals surface area contributed by atoms with Crippen molar-refractivity contribution in [2.75, 3.05) is 19.7 Å². The van der Waals surface area contributed by atoms with Crippen molar-refractivity contribution in [1.29, 1.82) is 0 Å². The number of carbonyl (C=O) groups is 1. The molecule has 2 atom stereocenters. The summed E-state index contributed by atoms with van der Waals surface area (Å²) in [5, 5.41) is 3.57. The summed E-state index contributed by atoms with van der Waals surface area (Å²) in [4.78, 5) is 14.2. The summed E-state index contributed by atoms with van der Waals surface area (Å²) in [6.45, 7) is 2.04. The monoisotopic (exact) mass is 306 g/mol. The summed E-state index contributed by atoms with van der Waals surface area (Å²) in [7, 11) is 0. The summed E-state index contributed by atoms with van der Waals surface area (Å²) >= 11 is 0. The number of likely N-dealkylation sites (tertiary alicyclic amines) is 1. The highest BCUT2D eigenvalue weighted by Gasteiger charge is 2.30. The number of nitrogens with zero attached hydrogens (tertiary/aromatic N) is 1. The van der Waals surface area contributed by atoms with Crippen molar-refractivity contribution in [1.82, 2.24) is 10.2 Å². The molecule has 5 heteroatoms. The van der Waals surface area contributed by atoms with Crippen LogP contribution in [0, 0.1) is 5.82 Å². The van der Waals surface area contributed by atoms with Gasteiger partial charge < -0.3 is 15.0 Å². The van der Waals surface area contributed by atoms with Crippen molar-refractivity contribution >= 4 is 5.91 Å². The van der Waals surface area contributed by atoms with Gasteiger partial charge >= 0.3 is 0 Å². The molecule has 2 saturated heterocycles. The second kappa shape index (κ2) is 7.09. The Hall–Kier alpha value is -1.62. The first kappa shape index (κ1) is 15.3. The van der Waals surface area contributed by atoms with Crippen LogP contribution in [0.4, 0.5) is 4.39 Å². The number of hydrogen-bond acceptors (Lipinski definition) is 3. The second-order valence-electron chi connectivity index (χ2n) is 6.15. The summed E-state index contributed by atoms with van der Waals surface area (Å²) < 4.78 is 18.8. The number of carbonyl (C=O) groups excluding carboxylic acids is 1. The van der Waals surface area contributed by atoms with E-state index in [9.17, 15) is 9.18 Å². The predicted molar refractivity (Wildman–Crippen MR) is 82.3 cm³/mol. The maximum atomic E-state index is 13.4. The third kappa shape index (κ3) is 3.77. The Bertz CT molecular complexity index is 523. The molecule has 0 aliphatic carbocycles. The van der Waals surface area contributed by atoms with Crippen molar-refractivity contribution in [2.45, 2.75) is 44.2 Å². The van der Waals surface area contributed by atoms with Crippen LogP contribution in [0.3, 0.4) is 0 Å². The molecule has 22 heavy (non-hydrogen) atoms. The summed E-state index contributed by atoms with van der Waals surface area (Å²) in [5.41, 5.74) is 0. The number of rotatable bonds is 5. The van der Waals surface area contributed by atoms with Gasteiger partial charge in [0.05, 0.1) is 6.61 Å². The zero-order valence-electron chi connectivity index (χ0n) is 12.8. The standard InChI is InChI=1S/C17H23FN2O2/c18-15-4-1-2-5-16(15)22-11-3-6-17(21)20-10-9-13-7-8-14(12-20)19-13/h1-2,4-5,13-14,19H,3,6-12H2. The molecule has 1 amide bonds. The third-order valence-corrected chi connectivity index (χ3v) is 4.51. The Morgan fingerprint density at radius 1 is 1.27 bits per heavy atom. The molecule has 1 aromatic rings. The van der Waals surface area contributed by atoms with E-state index in [1.165, 1.54) is 18.9 Å². The van der Waals surface area contributed by atoms with Crippen LogP contribution in [-0.2, 0) is 4.79 Å². The Labute approximate surface area is 130 Å². The lowest BCUT2D eigenvalue weighted by Gasteiger charge is -2.24. The van der Waals surface area contributed by atoms with Gasteiger partial charge in [-0.15, -0.1) is 0 Å². The van der Waals surface area contributed by atoms with E-state index < -0.39 is 0 Å². The lowest BCUT2D eigenvalue weighted by molar-refractivity contribution is -0.131. The SMILES string of the molecule is O=C(CCCOc1ccccc1F)N1CCC2CCC(C1)N2. The lowest BCUT2D eigenvalue weighted by atomic mass is 10.1. The number of nitrogens with one attached hydrogen (secondary N) is 1. The lowest BCUT2D eigenvalue weighted by Crippen LogP contribution is -2.39. The molecule has 4 nitrogen and oxygen atoms in total. The van der Waals surface area contributed by atoms with Gasteiger partial charge in [-0.05, 0) is 37.8 Å². The number of benzene rings is 1. The fourth-order valence-electron chi connectivity index (χ4n) is 3.29. The first-order valence-corrected chi connectivity index (χ1v) is 8.13. The summed E-state index contributed by atoms with van der Waals surface area (Å²) in [5.74, 6) is 0.0844. The van der Waals surface area contributed by atoms with E-state index in [-0.39, 0.29) is 17.5 Å². The summed E-state index contributed by atoms with van der Waals surface area (Å²) in [6, 6.07) is 7.40. The van der Waals surface area contributed by atoms with Crippen LogP contribution >= 0.6 is 0 Å². The van der Waals surface area contributed by atoms with Gasteiger partial charge in [0.25, 0.3) is 0 Å². The van der Waals surface area contributed by atoms with Crippen molar-refractivity contribution in [3.63, 3.8) is 0 Å². The molecular formula is C17H23FN2O2. The van der Waals surface area contributed by atoms with Gasteiger partial charge in [-0.2, -0.15) is 0 Å². The Morgan fingerprint density at radius 2 is 2.09 bits per heavy atom. The van der Waals surface area contributed by atoms with Crippen LogP contribution in [0.1, 0.15) is 32.1 Å². The first-order chi connectivity index (χ1) is 10.7. The fourth-order valence-corrected chi connectivity index (χ4v) is 3.29. The first-order valence-electron chi connectivity index (χ1n) is 8.13. The van der Waals surface area contributed by atoms with Crippen LogP contribution in [0.2, 0.25) is 0 Å². The minimum Gasteiger partial charge on any atom is -0.491 e. The molecule has 2 heterocycles. The minimum absolute atomic E-state index is 0.187. The fraction of sp³-hybridized carbons (Fsp3) is 0.588. The van der Waals surface area contributed by atoms with Gasteiger partial charge in [0.2, 0.25) is 5.91 Å². The molecule has 1 N–H and O–H groups in total. The molecule has 2 fully saturated rings. The van der Waals surface area contributed by atoms with Crippen LogP contribution in [0.25, 0.3) is 0 Å². The van der Waals surface area contributed by atoms with Gasteiger partial charge in [-0.3, -0.25) is 4.79 Å². The molecule has 2 aliphatic rings. The molecular weight excluding hydrogens is 283 g/mol. The Morgan fingerprint density at radius 3 is 2.95 bits per heavy atom. The van der Waals surface area contributed by atoms with Gasteiger partial charge in [-0.1, -0.05) is 12.1 Å². The van der Waals surface area contributed by atoms with Gasteiger partial charge in [0, 0.05) is 31.6 Å². The number of halogens is 1. The van der Waals surface area contributed by atoms with E-state index in [4.69, 9.17) is 4.74 Å². The van der Waals surface area contributed by atoms with E-state index in [0.29, 0.717) is 31.5 Å². The minimum atomic E-state index is -0.358. The molecule has 1 aromatic carbocycles. The third-order valence-electron chi connectivity index (χ3n) is 4.51. The molecule has 0 aromatic heterocycles.